The molecule has 0 aromatic heterocycles. The van der Waals surface area contributed by atoms with Crippen molar-refractivity contribution in [2.45, 2.75) is 0 Å². The van der Waals surface area contributed by atoms with Crippen molar-refractivity contribution in [1.29, 1.82) is 0 Å². The predicted molar refractivity (Wildman–Crippen MR) is 88.0 cm³/mol. The SMILES string of the molecule is O=P([O-])([O-])OO.O=P([O-])([O-])OO.O=P([O-])([O-])OO.O=S(=O)(O)O.O=S(=O)(O)O.O=S(=O)(O)O.[Al+3].[Al+3]. The Labute approximate surface area is 214 Å². The van der Waals surface area contributed by atoms with E-state index in [-0.39, 0.29) is 34.7 Å². The summed E-state index contributed by atoms with van der Waals surface area (Å²) in [6, 6.07) is 0. The van der Waals surface area contributed by atoms with Crippen molar-refractivity contribution in [2.24, 2.45) is 0 Å². The van der Waals surface area contributed by atoms with Crippen LogP contribution in [0.3, 0.4) is 0 Å². The van der Waals surface area contributed by atoms with E-state index in [1.807, 2.05) is 0 Å². The second-order valence-electron chi connectivity index (χ2n) is 2.93. The third-order valence-corrected chi connectivity index (χ3v) is 0.900. The molecule has 0 aromatic rings. The fraction of sp³-hybridized carbons (Fsp3) is 0. The normalized spacial score (nSPS) is 11.1. The zero-order valence-corrected chi connectivity index (χ0v) is 22.5. The molecule has 9 N–H and O–H groups in total. The van der Waals surface area contributed by atoms with Gasteiger partial charge in [0.05, 0.1) is 23.5 Å². The largest absolute Gasteiger partial charge is 3.00 e. The molecule has 0 heterocycles. The minimum Gasteiger partial charge on any atom is -0.788 e. The smallest absolute Gasteiger partial charge is 0.788 e. The minimum absolute atomic E-state index is 0. The zero-order chi connectivity index (χ0) is 29.1. The van der Waals surface area contributed by atoms with Crippen LogP contribution in [0.4, 0.5) is 0 Å². The van der Waals surface area contributed by atoms with Crippen LogP contribution in [0.25, 0.3) is 0 Å². The molecule has 0 saturated heterocycles. The topological polar surface area (TPSA) is 502 Å². The molecule has 27 nitrogen and oxygen atoms in total. The number of phosphoric acid groups is 3. The van der Waals surface area contributed by atoms with Crippen molar-refractivity contribution in [2.75, 3.05) is 0 Å². The first-order valence-corrected chi connectivity index (χ1v) is 13.4. The molecule has 35 heteroatoms. The number of hydrogen-bond acceptors (Lipinski definition) is 21. The third kappa shape index (κ3) is 386. The van der Waals surface area contributed by atoms with E-state index in [9.17, 15) is 0 Å². The zero-order valence-electron chi connectivity index (χ0n) is 15.1. The van der Waals surface area contributed by atoms with Gasteiger partial charge >= 0.3 is 65.9 Å². The summed E-state index contributed by atoms with van der Waals surface area (Å²) in [5.74, 6) is 0. The monoisotopic (exact) mass is 684 g/mol. The van der Waals surface area contributed by atoms with E-state index in [2.05, 4.69) is 14.0 Å². The first-order valence-electron chi connectivity index (χ1n) is 4.83. The third-order valence-electron chi connectivity index (χ3n) is 0.300. The molecular formula is H9Al2O27P3S3. The number of rotatable bonds is 3. The van der Waals surface area contributed by atoms with Gasteiger partial charge in [-0.3, -0.25) is 27.3 Å². The first-order chi connectivity index (χ1) is 13.7. The van der Waals surface area contributed by atoms with E-state index in [0.717, 1.165) is 0 Å². The van der Waals surface area contributed by atoms with Gasteiger partial charge in [0.2, 0.25) is 0 Å². The Hall–Kier alpha value is 0.885. The van der Waals surface area contributed by atoms with Crippen LogP contribution in [-0.2, 0) is 58.9 Å². The molecule has 0 unspecified atom stereocenters. The van der Waals surface area contributed by atoms with Crippen molar-refractivity contribution >= 4 is 89.4 Å². The van der Waals surface area contributed by atoms with Crippen LogP contribution in [-0.4, -0.2) is 103 Å². The van der Waals surface area contributed by atoms with Crippen molar-refractivity contribution in [3.8, 4) is 0 Å². The van der Waals surface area contributed by atoms with Crippen molar-refractivity contribution < 1.29 is 125 Å². The predicted octanol–water partition coefficient (Wildman–Crippen LogP) is -7.81. The molecule has 0 saturated carbocycles. The van der Waals surface area contributed by atoms with Crippen LogP contribution in [0.15, 0.2) is 0 Å². The van der Waals surface area contributed by atoms with Crippen LogP contribution in [0.5, 0.6) is 0 Å². The van der Waals surface area contributed by atoms with Gasteiger partial charge in [-0.2, -0.15) is 25.3 Å². The molecule has 0 amide bonds. The van der Waals surface area contributed by atoms with Crippen molar-refractivity contribution in [1.82, 2.24) is 0 Å². The van der Waals surface area contributed by atoms with Crippen molar-refractivity contribution in [3.63, 3.8) is 0 Å². The minimum atomic E-state index is -5.09. The maximum absolute atomic E-state index is 9.00. The maximum Gasteiger partial charge on any atom is 3.00 e. The molecule has 0 aliphatic carbocycles. The summed E-state index contributed by atoms with van der Waals surface area (Å²) >= 11 is 0. The van der Waals surface area contributed by atoms with Gasteiger partial charge in [0.25, 0.3) is 0 Å². The van der Waals surface area contributed by atoms with Crippen LogP contribution in [0, 0.1) is 0 Å². The molecule has 0 fully saturated rings. The summed E-state index contributed by atoms with van der Waals surface area (Å²) < 4.78 is 129. The number of hydrogen-bond donors (Lipinski definition) is 9. The summed E-state index contributed by atoms with van der Waals surface area (Å²) in [5, 5.41) is 21.0. The summed E-state index contributed by atoms with van der Waals surface area (Å²) in [6.07, 6.45) is 0. The first kappa shape index (κ1) is 56.2. The van der Waals surface area contributed by atoms with Gasteiger partial charge < -0.3 is 43.1 Å². The second-order valence-corrected chi connectivity index (χ2v) is 8.79. The second kappa shape index (κ2) is 25.2. The Bertz CT molecular complexity index is 759. The average Bonchev–Trinajstić information content (AvgIpc) is 2.41. The maximum atomic E-state index is 9.00. The Kier molecular flexibility index (Phi) is 40.4. The molecule has 0 spiro atoms. The molecule has 0 aromatic carbocycles. The Morgan fingerprint density at radius 2 is 0.457 bits per heavy atom. The van der Waals surface area contributed by atoms with E-state index in [1.165, 1.54) is 0 Å². The molecule has 35 heavy (non-hydrogen) atoms. The average molecular weight is 684 g/mol. The van der Waals surface area contributed by atoms with Gasteiger partial charge in [-0.15, -0.1) is 0 Å². The van der Waals surface area contributed by atoms with Gasteiger partial charge in [0, 0.05) is 0 Å². The van der Waals surface area contributed by atoms with Crippen molar-refractivity contribution in [3.05, 3.63) is 0 Å². The molecular weight excluding hydrogens is 675 g/mol. The Balaban J connectivity index is -0.0000000413. The summed E-state index contributed by atoms with van der Waals surface area (Å²) in [6.45, 7) is 0. The van der Waals surface area contributed by atoms with Crippen LogP contribution in [0.1, 0.15) is 0 Å². The molecule has 210 valence electrons. The van der Waals surface area contributed by atoms with Crippen LogP contribution < -0.4 is 29.4 Å². The van der Waals surface area contributed by atoms with Gasteiger partial charge in [-0.1, -0.05) is 0 Å². The van der Waals surface area contributed by atoms with E-state index in [0.29, 0.717) is 0 Å². The molecule has 0 atom stereocenters. The van der Waals surface area contributed by atoms with E-state index in [4.69, 9.17) is 111 Å². The standard InChI is InChI=1S/2Al.3H3O5P.3H2O4S/c;;3*1-5-6(2,3)4;3*1-5(2,3)4/h;;3*1H,(H2,2,3,4);3*(H2,1,2,3,4)/q2*+3;;;;;;/p-6. The van der Waals surface area contributed by atoms with Gasteiger partial charge in [0.1, 0.15) is 0 Å². The van der Waals surface area contributed by atoms with Gasteiger partial charge in [-0.25, -0.2) is 29.8 Å². The summed E-state index contributed by atoms with van der Waals surface area (Å²) in [7, 11) is -29.3. The van der Waals surface area contributed by atoms with Crippen LogP contribution in [0.2, 0.25) is 0 Å². The summed E-state index contributed by atoms with van der Waals surface area (Å²) in [5.41, 5.74) is 0. The van der Waals surface area contributed by atoms with Crippen LogP contribution >= 0.6 is 23.5 Å². The van der Waals surface area contributed by atoms with E-state index < -0.39 is 54.7 Å². The molecule has 0 rings (SSSR count). The van der Waals surface area contributed by atoms with Gasteiger partial charge in [0.15, 0.2) is 0 Å². The summed E-state index contributed by atoms with van der Waals surface area (Å²) in [4.78, 5) is 54.0. The molecule has 0 aliphatic heterocycles. The quantitative estimate of drug-likeness (QED) is 0.0438. The molecule has 0 bridgehead atoms. The molecule has 0 radical (unpaired) electrons. The van der Waals surface area contributed by atoms with E-state index in [1.54, 1.807) is 0 Å². The van der Waals surface area contributed by atoms with E-state index >= 15 is 0 Å². The molecule has 0 aliphatic rings. The Morgan fingerprint density at radius 1 is 0.429 bits per heavy atom. The Morgan fingerprint density at radius 3 is 0.457 bits per heavy atom. The fourth-order valence-corrected chi connectivity index (χ4v) is 0. The van der Waals surface area contributed by atoms with Gasteiger partial charge in [-0.05, 0) is 0 Å². The fourth-order valence-electron chi connectivity index (χ4n) is 0.